The van der Waals surface area contributed by atoms with Crippen molar-refractivity contribution in [3.05, 3.63) is 24.3 Å². The van der Waals surface area contributed by atoms with Crippen LogP contribution in [0.15, 0.2) is 24.3 Å². The van der Waals surface area contributed by atoms with E-state index >= 15 is 0 Å². The van der Waals surface area contributed by atoms with Crippen LogP contribution in [0.2, 0.25) is 0 Å². The number of urea groups is 1. The van der Waals surface area contributed by atoms with Crippen LogP contribution in [0.3, 0.4) is 0 Å². The van der Waals surface area contributed by atoms with Gasteiger partial charge in [0.05, 0.1) is 6.54 Å². The fourth-order valence-electron chi connectivity index (χ4n) is 3.34. The monoisotopic (exact) mass is 400 g/mol. The van der Waals surface area contributed by atoms with E-state index in [1.807, 2.05) is 9.80 Å². The Morgan fingerprint density at radius 2 is 1.68 bits per heavy atom. The molecule has 0 bridgehead atoms. The minimum Gasteiger partial charge on any atom is -0.406 e. The number of nitrogens with one attached hydrogen (secondary N) is 1. The number of nitrogens with zero attached hydrogens (tertiary/aromatic N) is 3. The van der Waals surface area contributed by atoms with E-state index in [0.29, 0.717) is 32.7 Å². The Balaban J connectivity index is 1.46. The van der Waals surface area contributed by atoms with Gasteiger partial charge in [0, 0.05) is 51.0 Å². The zero-order valence-electron chi connectivity index (χ0n) is 15.4. The zero-order chi connectivity index (χ0) is 20.1. The number of anilines is 1. The number of ether oxygens (including phenoxy) is 1. The molecule has 7 nitrogen and oxygen atoms in total. The highest BCUT2D eigenvalue weighted by molar-refractivity contribution is 5.89. The lowest BCUT2D eigenvalue weighted by atomic mass is 10.3. The van der Waals surface area contributed by atoms with Crippen molar-refractivity contribution >= 4 is 17.6 Å². The molecular formula is C18H23F3N4O3. The van der Waals surface area contributed by atoms with E-state index < -0.39 is 18.1 Å². The van der Waals surface area contributed by atoms with E-state index in [2.05, 4.69) is 10.1 Å². The maximum atomic E-state index is 12.4. The molecule has 154 valence electrons. The molecular weight excluding hydrogens is 377 g/mol. The first-order valence-electron chi connectivity index (χ1n) is 9.22. The lowest BCUT2D eigenvalue weighted by Crippen LogP contribution is -2.52. The molecule has 1 N–H and O–H groups in total. The van der Waals surface area contributed by atoms with Crippen molar-refractivity contribution in [1.29, 1.82) is 0 Å². The van der Waals surface area contributed by atoms with E-state index in [0.717, 1.165) is 32.0 Å². The summed E-state index contributed by atoms with van der Waals surface area (Å²) in [5.74, 6) is -0.271. The second-order valence-electron chi connectivity index (χ2n) is 6.86. The SMILES string of the molecule is O=C(CN1CCN(C(=O)Nc2cccc(OC(F)(F)F)c2)CC1)N1CCCC1. The Hall–Kier alpha value is -2.49. The molecule has 0 aromatic heterocycles. The van der Waals surface area contributed by atoms with Crippen molar-refractivity contribution in [2.45, 2.75) is 19.2 Å². The van der Waals surface area contributed by atoms with E-state index in [1.165, 1.54) is 18.2 Å². The minimum atomic E-state index is -4.79. The fraction of sp³-hybridized carbons (Fsp3) is 0.556. The van der Waals surface area contributed by atoms with Gasteiger partial charge in [-0.3, -0.25) is 9.69 Å². The average molecular weight is 400 g/mol. The van der Waals surface area contributed by atoms with Gasteiger partial charge >= 0.3 is 12.4 Å². The summed E-state index contributed by atoms with van der Waals surface area (Å²) in [7, 11) is 0. The second-order valence-corrected chi connectivity index (χ2v) is 6.86. The molecule has 1 aromatic rings. The number of piperazine rings is 1. The van der Waals surface area contributed by atoms with Gasteiger partial charge in [0.2, 0.25) is 5.91 Å². The van der Waals surface area contributed by atoms with E-state index in [4.69, 9.17) is 0 Å². The molecule has 2 saturated heterocycles. The van der Waals surface area contributed by atoms with Gasteiger partial charge in [0.25, 0.3) is 0 Å². The number of carbonyl (C=O) groups excluding carboxylic acids is 2. The molecule has 2 aliphatic heterocycles. The average Bonchev–Trinajstić information content (AvgIpc) is 3.16. The predicted molar refractivity (Wildman–Crippen MR) is 96.0 cm³/mol. The summed E-state index contributed by atoms with van der Waals surface area (Å²) in [6.45, 7) is 4.02. The molecule has 3 amide bonds. The number of rotatable bonds is 4. The summed E-state index contributed by atoms with van der Waals surface area (Å²) in [6, 6.07) is 4.76. The van der Waals surface area contributed by atoms with Gasteiger partial charge in [-0.2, -0.15) is 0 Å². The Morgan fingerprint density at radius 1 is 1.00 bits per heavy atom. The second kappa shape index (κ2) is 8.68. The van der Waals surface area contributed by atoms with Crippen LogP contribution < -0.4 is 10.1 Å². The predicted octanol–water partition coefficient (Wildman–Crippen LogP) is 2.36. The third kappa shape index (κ3) is 5.75. The summed E-state index contributed by atoms with van der Waals surface area (Å²) >= 11 is 0. The lowest BCUT2D eigenvalue weighted by Gasteiger charge is -2.35. The lowest BCUT2D eigenvalue weighted by molar-refractivity contribution is -0.274. The maximum Gasteiger partial charge on any atom is 0.573 e. The number of amides is 3. The quantitative estimate of drug-likeness (QED) is 0.843. The topological polar surface area (TPSA) is 65.1 Å². The molecule has 3 rings (SSSR count). The maximum absolute atomic E-state index is 12.4. The van der Waals surface area contributed by atoms with Gasteiger partial charge in [-0.25, -0.2) is 4.79 Å². The van der Waals surface area contributed by atoms with E-state index in [1.54, 1.807) is 4.90 Å². The molecule has 1 aromatic carbocycles. The van der Waals surface area contributed by atoms with Gasteiger partial charge in [-0.15, -0.1) is 13.2 Å². The highest BCUT2D eigenvalue weighted by Gasteiger charge is 2.31. The molecule has 28 heavy (non-hydrogen) atoms. The zero-order valence-corrected chi connectivity index (χ0v) is 15.4. The smallest absolute Gasteiger partial charge is 0.406 e. The van der Waals surface area contributed by atoms with E-state index in [9.17, 15) is 22.8 Å². The summed E-state index contributed by atoms with van der Waals surface area (Å²) in [4.78, 5) is 30.0. The first kappa shape index (κ1) is 20.2. The number of alkyl halides is 3. The Morgan fingerprint density at radius 3 is 2.32 bits per heavy atom. The number of benzene rings is 1. The first-order chi connectivity index (χ1) is 13.3. The summed E-state index contributed by atoms with van der Waals surface area (Å²) in [5, 5.41) is 2.58. The van der Waals surface area contributed by atoms with Crippen molar-refractivity contribution in [1.82, 2.24) is 14.7 Å². The molecule has 0 spiro atoms. The molecule has 0 unspecified atom stereocenters. The third-order valence-corrected chi connectivity index (χ3v) is 4.80. The van der Waals surface area contributed by atoms with Gasteiger partial charge in [0.1, 0.15) is 5.75 Å². The van der Waals surface area contributed by atoms with Crippen LogP contribution in [0.5, 0.6) is 5.75 Å². The van der Waals surface area contributed by atoms with Crippen molar-refractivity contribution in [2.24, 2.45) is 0 Å². The highest BCUT2D eigenvalue weighted by atomic mass is 19.4. The number of hydrogen-bond donors (Lipinski definition) is 1. The standard InChI is InChI=1S/C18H23F3N4O3/c19-18(20,21)28-15-5-3-4-14(12-15)22-17(27)25-10-8-23(9-11-25)13-16(26)24-6-1-2-7-24/h3-5,12H,1-2,6-11,13H2,(H,22,27). The van der Waals surface area contributed by atoms with Crippen LogP contribution in [-0.2, 0) is 4.79 Å². The number of halogens is 3. The number of carbonyl (C=O) groups is 2. The number of hydrogen-bond acceptors (Lipinski definition) is 4. The molecule has 2 fully saturated rings. The number of likely N-dealkylation sites (tertiary alicyclic amines) is 1. The van der Waals surface area contributed by atoms with Crippen LogP contribution >= 0.6 is 0 Å². The molecule has 0 radical (unpaired) electrons. The highest BCUT2D eigenvalue weighted by Crippen LogP contribution is 2.25. The van der Waals surface area contributed by atoms with Crippen LogP contribution in [0.1, 0.15) is 12.8 Å². The Kier molecular flexibility index (Phi) is 6.28. The molecule has 2 aliphatic rings. The minimum absolute atomic E-state index is 0.122. The summed E-state index contributed by atoms with van der Waals surface area (Å²) in [6.07, 6.45) is -2.69. The Labute approximate surface area is 161 Å². The summed E-state index contributed by atoms with van der Waals surface area (Å²) < 4.78 is 40.8. The van der Waals surface area contributed by atoms with Crippen LogP contribution in [0.25, 0.3) is 0 Å². The van der Waals surface area contributed by atoms with Gasteiger partial charge in [-0.05, 0) is 25.0 Å². The van der Waals surface area contributed by atoms with Gasteiger partial charge < -0.3 is 19.9 Å². The van der Waals surface area contributed by atoms with Crippen molar-refractivity contribution < 1.29 is 27.5 Å². The molecule has 10 heteroatoms. The van der Waals surface area contributed by atoms with Gasteiger partial charge in [-0.1, -0.05) is 6.07 Å². The van der Waals surface area contributed by atoms with Crippen LogP contribution in [0.4, 0.5) is 23.7 Å². The fourth-order valence-corrected chi connectivity index (χ4v) is 3.34. The molecule has 2 heterocycles. The summed E-state index contributed by atoms with van der Waals surface area (Å²) in [5.41, 5.74) is 0.221. The molecule has 0 aliphatic carbocycles. The van der Waals surface area contributed by atoms with Crippen molar-refractivity contribution in [3.8, 4) is 5.75 Å². The Bertz CT molecular complexity index is 700. The van der Waals surface area contributed by atoms with Gasteiger partial charge in [0.15, 0.2) is 0 Å². The molecule has 0 saturated carbocycles. The first-order valence-corrected chi connectivity index (χ1v) is 9.22. The normalized spacial score (nSPS) is 18.2. The van der Waals surface area contributed by atoms with Crippen molar-refractivity contribution in [2.75, 3.05) is 51.1 Å². The van der Waals surface area contributed by atoms with E-state index in [-0.39, 0.29) is 11.6 Å². The van der Waals surface area contributed by atoms with Crippen LogP contribution in [-0.4, -0.2) is 78.8 Å². The van der Waals surface area contributed by atoms with Crippen molar-refractivity contribution in [3.63, 3.8) is 0 Å². The molecule has 0 atom stereocenters. The van der Waals surface area contributed by atoms with Crippen LogP contribution in [0, 0.1) is 0 Å². The third-order valence-electron chi connectivity index (χ3n) is 4.80. The largest absolute Gasteiger partial charge is 0.573 e.